The van der Waals surface area contributed by atoms with E-state index in [1.807, 2.05) is 18.2 Å². The van der Waals surface area contributed by atoms with Crippen molar-refractivity contribution in [3.8, 4) is 0 Å². The Kier molecular flexibility index (Phi) is 7.13. The highest BCUT2D eigenvalue weighted by Gasteiger charge is 1.76. The molecular formula is C8H11IN2. The fourth-order valence-corrected chi connectivity index (χ4v) is 0.596. The molecule has 0 rings (SSSR count). The Morgan fingerprint density at radius 1 is 1.55 bits per heavy atom. The summed E-state index contributed by atoms with van der Waals surface area (Å²) in [7, 11) is 1.76. The van der Waals surface area contributed by atoms with Crippen LogP contribution in [0.4, 0.5) is 0 Å². The molecule has 0 aromatic carbocycles. The molecule has 0 amide bonds. The second-order valence-corrected chi connectivity index (χ2v) is 2.74. The fraction of sp³-hybridized carbons (Fsp3) is 0.125. The Balaban J connectivity index is 3.67. The van der Waals surface area contributed by atoms with Gasteiger partial charge < -0.3 is 5.32 Å². The molecule has 0 aromatic heterocycles. The summed E-state index contributed by atoms with van der Waals surface area (Å²) in [4.78, 5) is 3.95. The molecule has 0 aliphatic carbocycles. The molecule has 0 heterocycles. The summed E-state index contributed by atoms with van der Waals surface area (Å²) in [6, 6.07) is 0. The van der Waals surface area contributed by atoms with Gasteiger partial charge >= 0.3 is 0 Å². The van der Waals surface area contributed by atoms with Gasteiger partial charge in [0.15, 0.2) is 0 Å². The molecule has 1 N–H and O–H groups in total. The van der Waals surface area contributed by atoms with E-state index >= 15 is 0 Å². The molecule has 0 fully saturated rings. The first-order valence-corrected chi connectivity index (χ1v) is 4.21. The van der Waals surface area contributed by atoms with E-state index in [1.165, 1.54) is 0 Å². The lowest BCUT2D eigenvalue weighted by Crippen LogP contribution is -1.87. The zero-order chi connectivity index (χ0) is 8.53. The van der Waals surface area contributed by atoms with E-state index in [9.17, 15) is 0 Å². The Morgan fingerprint density at radius 3 is 2.82 bits per heavy atom. The minimum Gasteiger partial charge on any atom is -0.368 e. The predicted molar refractivity (Wildman–Crippen MR) is 59.0 cm³/mol. The first kappa shape index (κ1) is 10.4. The number of nitrogens with one attached hydrogen (secondary N) is 1. The highest BCUT2D eigenvalue weighted by Crippen LogP contribution is 1.91. The van der Waals surface area contributed by atoms with Crippen molar-refractivity contribution in [1.29, 1.82) is 0 Å². The van der Waals surface area contributed by atoms with Crippen molar-refractivity contribution in [3.05, 3.63) is 37.2 Å². The van der Waals surface area contributed by atoms with E-state index in [2.05, 4.69) is 39.5 Å². The van der Waals surface area contributed by atoms with Gasteiger partial charge in [-0.25, -0.2) is 0 Å². The molecule has 0 bridgehead atoms. The molecule has 0 spiro atoms. The molecule has 3 heteroatoms. The van der Waals surface area contributed by atoms with Crippen LogP contribution in [0.25, 0.3) is 0 Å². The van der Waals surface area contributed by atoms with Crippen LogP contribution in [0.1, 0.15) is 0 Å². The molecule has 0 aromatic rings. The molecule has 60 valence electrons. The van der Waals surface area contributed by atoms with Gasteiger partial charge in [0.25, 0.3) is 0 Å². The summed E-state index contributed by atoms with van der Waals surface area (Å²) in [5, 5.41) is 2.83. The molecule has 0 atom stereocenters. The summed E-state index contributed by atoms with van der Waals surface area (Å²) in [5.74, 6) is 0. The molecule has 0 unspecified atom stereocenters. The number of allylic oxidation sites excluding steroid dienone is 3. The third-order valence-electron chi connectivity index (χ3n) is 0.869. The topological polar surface area (TPSA) is 24.4 Å². The van der Waals surface area contributed by atoms with E-state index in [0.29, 0.717) is 0 Å². The SMILES string of the molecule is C=CN\C=C/C=C\C(I)=N\C. The lowest BCUT2D eigenvalue weighted by molar-refractivity contribution is 1.20. The van der Waals surface area contributed by atoms with E-state index in [4.69, 9.17) is 0 Å². The maximum atomic E-state index is 3.95. The highest BCUT2D eigenvalue weighted by molar-refractivity contribution is 14.1. The van der Waals surface area contributed by atoms with Gasteiger partial charge in [-0.1, -0.05) is 12.7 Å². The van der Waals surface area contributed by atoms with E-state index in [-0.39, 0.29) is 0 Å². The third kappa shape index (κ3) is 7.32. The van der Waals surface area contributed by atoms with Crippen molar-refractivity contribution in [1.82, 2.24) is 5.32 Å². The molecule has 11 heavy (non-hydrogen) atoms. The number of hydrogen-bond acceptors (Lipinski definition) is 2. The van der Waals surface area contributed by atoms with Crippen LogP contribution in [-0.4, -0.2) is 10.8 Å². The zero-order valence-corrected chi connectivity index (χ0v) is 8.58. The van der Waals surface area contributed by atoms with Gasteiger partial charge in [0.2, 0.25) is 0 Å². The van der Waals surface area contributed by atoms with Crippen molar-refractivity contribution in [2.75, 3.05) is 7.05 Å². The summed E-state index contributed by atoms with van der Waals surface area (Å²) < 4.78 is 0.978. The molecule has 2 nitrogen and oxygen atoms in total. The van der Waals surface area contributed by atoms with Crippen molar-refractivity contribution < 1.29 is 0 Å². The lowest BCUT2D eigenvalue weighted by Gasteiger charge is -1.83. The molecular weight excluding hydrogens is 251 g/mol. The van der Waals surface area contributed by atoms with E-state index in [0.717, 1.165) is 3.72 Å². The van der Waals surface area contributed by atoms with Crippen LogP contribution < -0.4 is 5.32 Å². The minimum atomic E-state index is 0.978. The molecule has 0 saturated heterocycles. The van der Waals surface area contributed by atoms with Gasteiger partial charge in [-0.3, -0.25) is 4.99 Å². The average molecular weight is 262 g/mol. The molecule has 0 aliphatic rings. The van der Waals surface area contributed by atoms with Crippen molar-refractivity contribution >= 4 is 26.3 Å². The van der Waals surface area contributed by atoms with Crippen molar-refractivity contribution in [3.63, 3.8) is 0 Å². The largest absolute Gasteiger partial charge is 0.368 e. The van der Waals surface area contributed by atoms with Crippen LogP contribution in [0.3, 0.4) is 0 Å². The van der Waals surface area contributed by atoms with Crippen LogP contribution in [0.15, 0.2) is 42.2 Å². The molecule has 0 radical (unpaired) electrons. The average Bonchev–Trinajstić information content (AvgIpc) is 2.04. The smallest absolute Gasteiger partial charge is 0.0950 e. The Morgan fingerprint density at radius 2 is 2.27 bits per heavy atom. The Labute approximate surface area is 80.9 Å². The van der Waals surface area contributed by atoms with Crippen LogP contribution in [0.2, 0.25) is 0 Å². The second kappa shape index (κ2) is 7.53. The summed E-state index contributed by atoms with van der Waals surface area (Å²) in [6.45, 7) is 3.50. The van der Waals surface area contributed by atoms with Gasteiger partial charge in [-0.05, 0) is 40.9 Å². The normalized spacial score (nSPS) is 12.7. The lowest BCUT2D eigenvalue weighted by atomic mass is 10.5. The summed E-state index contributed by atoms with van der Waals surface area (Å²) in [6.07, 6.45) is 9.12. The highest BCUT2D eigenvalue weighted by atomic mass is 127. The van der Waals surface area contributed by atoms with E-state index < -0.39 is 0 Å². The Bertz CT molecular complexity index is 192. The van der Waals surface area contributed by atoms with Crippen molar-refractivity contribution in [2.45, 2.75) is 0 Å². The summed E-state index contributed by atoms with van der Waals surface area (Å²) in [5.41, 5.74) is 0. The number of hydrogen-bond donors (Lipinski definition) is 1. The number of rotatable bonds is 4. The monoisotopic (exact) mass is 262 g/mol. The zero-order valence-electron chi connectivity index (χ0n) is 6.42. The maximum absolute atomic E-state index is 3.95. The first-order chi connectivity index (χ1) is 5.31. The minimum absolute atomic E-state index is 0.978. The second-order valence-electron chi connectivity index (χ2n) is 1.64. The third-order valence-corrected chi connectivity index (χ3v) is 1.71. The van der Waals surface area contributed by atoms with Crippen LogP contribution in [0.5, 0.6) is 0 Å². The van der Waals surface area contributed by atoms with Crippen LogP contribution in [-0.2, 0) is 0 Å². The molecule has 0 saturated carbocycles. The van der Waals surface area contributed by atoms with Crippen LogP contribution >= 0.6 is 22.6 Å². The first-order valence-electron chi connectivity index (χ1n) is 3.13. The fourth-order valence-electron chi connectivity index (χ4n) is 0.389. The van der Waals surface area contributed by atoms with Gasteiger partial charge in [0.05, 0.1) is 3.72 Å². The maximum Gasteiger partial charge on any atom is 0.0950 e. The Hall–Kier alpha value is -0.580. The van der Waals surface area contributed by atoms with Crippen molar-refractivity contribution in [2.24, 2.45) is 4.99 Å². The molecule has 0 aliphatic heterocycles. The number of nitrogens with zero attached hydrogens (tertiary/aromatic N) is 1. The van der Waals surface area contributed by atoms with Gasteiger partial charge in [0.1, 0.15) is 0 Å². The number of aliphatic imine (C=N–C) groups is 1. The van der Waals surface area contributed by atoms with Gasteiger partial charge in [-0.15, -0.1) is 0 Å². The predicted octanol–water partition coefficient (Wildman–Crippen LogP) is 2.25. The standard InChI is InChI=1S/C8H11IN2/c1-3-11-7-5-4-6-8(9)10-2/h3-7,11H,1H2,2H3/b6-4-,7-5-,10-8-. The quantitative estimate of drug-likeness (QED) is 0.469. The summed E-state index contributed by atoms with van der Waals surface area (Å²) >= 11 is 2.16. The van der Waals surface area contributed by atoms with Crippen LogP contribution in [0, 0.1) is 0 Å². The van der Waals surface area contributed by atoms with Gasteiger partial charge in [-0.2, -0.15) is 0 Å². The number of halogens is 1. The van der Waals surface area contributed by atoms with Gasteiger partial charge in [0, 0.05) is 13.2 Å². The van der Waals surface area contributed by atoms with E-state index in [1.54, 1.807) is 19.4 Å².